The number of rotatable bonds is 2. The Morgan fingerprint density at radius 1 is 1.40 bits per heavy atom. The summed E-state index contributed by atoms with van der Waals surface area (Å²) in [5, 5.41) is 10.6. The van der Waals surface area contributed by atoms with E-state index in [1.165, 1.54) is 11.1 Å². The van der Waals surface area contributed by atoms with Crippen LogP contribution in [0.1, 0.15) is 53.9 Å². The topological polar surface area (TPSA) is 20.2 Å². The van der Waals surface area contributed by atoms with Crippen LogP contribution >= 0.6 is 0 Å². The highest BCUT2D eigenvalue weighted by Gasteiger charge is 2.43. The Kier molecular flexibility index (Phi) is 3.44. The summed E-state index contributed by atoms with van der Waals surface area (Å²) < 4.78 is 0. The van der Waals surface area contributed by atoms with Crippen molar-refractivity contribution in [1.82, 2.24) is 0 Å². The molecule has 1 N–H and O–H groups in total. The Hall–Kier alpha value is -0.560. The molecule has 15 heavy (non-hydrogen) atoms. The normalized spacial score (nSPS) is 29.6. The largest absolute Gasteiger partial charge is 0.385 e. The van der Waals surface area contributed by atoms with Crippen molar-refractivity contribution in [2.24, 2.45) is 5.41 Å². The molecule has 0 aromatic rings. The van der Waals surface area contributed by atoms with Gasteiger partial charge in [-0.05, 0) is 51.0 Å². The van der Waals surface area contributed by atoms with Crippen molar-refractivity contribution in [3.63, 3.8) is 0 Å². The van der Waals surface area contributed by atoms with E-state index in [-0.39, 0.29) is 5.41 Å². The lowest BCUT2D eigenvalue weighted by atomic mass is 9.65. The number of allylic oxidation sites excluding steroid dienone is 3. The van der Waals surface area contributed by atoms with Crippen molar-refractivity contribution < 1.29 is 5.11 Å². The van der Waals surface area contributed by atoms with Gasteiger partial charge in [0, 0.05) is 0 Å². The zero-order valence-corrected chi connectivity index (χ0v) is 10.7. The molecule has 0 saturated carbocycles. The Bertz CT molecular complexity index is 288. The minimum Gasteiger partial charge on any atom is -0.385 e. The maximum Gasteiger partial charge on any atom is 0.0882 e. The predicted octanol–water partition coefficient (Wildman–Crippen LogP) is 3.84. The summed E-state index contributed by atoms with van der Waals surface area (Å²) in [6.07, 6.45) is 7.46. The van der Waals surface area contributed by atoms with Crippen LogP contribution in [0.2, 0.25) is 0 Å². The van der Waals surface area contributed by atoms with Gasteiger partial charge in [0.05, 0.1) is 5.60 Å². The SMILES string of the molecule is CC(C)=CCC1=CCCC(C)(C)C1(C)O. The average Bonchev–Trinajstić information content (AvgIpc) is 2.07. The summed E-state index contributed by atoms with van der Waals surface area (Å²) in [5.41, 5.74) is 1.83. The molecule has 1 aliphatic rings. The van der Waals surface area contributed by atoms with Crippen LogP contribution in [0.15, 0.2) is 23.3 Å². The summed E-state index contributed by atoms with van der Waals surface area (Å²) in [4.78, 5) is 0. The third kappa shape index (κ3) is 2.52. The van der Waals surface area contributed by atoms with Crippen LogP contribution in [-0.2, 0) is 0 Å². The zero-order valence-electron chi connectivity index (χ0n) is 10.7. The Morgan fingerprint density at radius 3 is 2.53 bits per heavy atom. The molecule has 1 nitrogen and oxygen atoms in total. The van der Waals surface area contributed by atoms with Crippen LogP contribution in [0.5, 0.6) is 0 Å². The molecule has 1 rings (SSSR count). The smallest absolute Gasteiger partial charge is 0.0882 e. The first kappa shape index (κ1) is 12.5. The lowest BCUT2D eigenvalue weighted by molar-refractivity contribution is -0.0309. The average molecular weight is 208 g/mol. The molecule has 0 saturated heterocycles. The van der Waals surface area contributed by atoms with Crippen LogP contribution in [0, 0.1) is 5.41 Å². The van der Waals surface area contributed by atoms with E-state index in [2.05, 4.69) is 39.8 Å². The van der Waals surface area contributed by atoms with Crippen molar-refractivity contribution in [1.29, 1.82) is 0 Å². The summed E-state index contributed by atoms with van der Waals surface area (Å²) >= 11 is 0. The molecule has 1 aliphatic carbocycles. The maximum absolute atomic E-state index is 10.6. The highest BCUT2D eigenvalue weighted by atomic mass is 16.3. The highest BCUT2D eigenvalue weighted by molar-refractivity contribution is 5.26. The first-order valence-electron chi connectivity index (χ1n) is 5.82. The van der Waals surface area contributed by atoms with Crippen molar-refractivity contribution in [3.8, 4) is 0 Å². The van der Waals surface area contributed by atoms with E-state index in [9.17, 15) is 5.11 Å². The Morgan fingerprint density at radius 2 is 2.00 bits per heavy atom. The van der Waals surface area contributed by atoms with E-state index in [1.54, 1.807) is 0 Å². The molecule has 0 aromatic heterocycles. The van der Waals surface area contributed by atoms with Crippen molar-refractivity contribution in [3.05, 3.63) is 23.3 Å². The fourth-order valence-corrected chi connectivity index (χ4v) is 2.08. The number of hydrogen-bond acceptors (Lipinski definition) is 1. The highest BCUT2D eigenvalue weighted by Crippen LogP contribution is 2.45. The minimum absolute atomic E-state index is 0.00737. The molecule has 0 bridgehead atoms. The minimum atomic E-state index is -0.656. The van der Waals surface area contributed by atoms with E-state index >= 15 is 0 Å². The second-order valence-corrected chi connectivity index (χ2v) is 5.71. The van der Waals surface area contributed by atoms with E-state index < -0.39 is 5.60 Å². The van der Waals surface area contributed by atoms with Gasteiger partial charge in [0.2, 0.25) is 0 Å². The molecule has 1 heteroatoms. The summed E-state index contributed by atoms with van der Waals surface area (Å²) in [5.74, 6) is 0. The standard InChI is InChI=1S/C14H24O/c1-11(2)8-9-12-7-6-10-13(3,4)14(12,5)15/h7-8,15H,6,9-10H2,1-5H3. The van der Waals surface area contributed by atoms with Crippen LogP contribution < -0.4 is 0 Å². The second kappa shape index (κ2) is 4.13. The van der Waals surface area contributed by atoms with Crippen molar-refractivity contribution in [2.45, 2.75) is 59.5 Å². The summed E-state index contributed by atoms with van der Waals surface area (Å²) in [6, 6.07) is 0. The van der Waals surface area contributed by atoms with E-state index in [0.717, 1.165) is 19.3 Å². The van der Waals surface area contributed by atoms with E-state index in [1.807, 2.05) is 6.92 Å². The van der Waals surface area contributed by atoms with Crippen molar-refractivity contribution >= 4 is 0 Å². The van der Waals surface area contributed by atoms with Crippen molar-refractivity contribution in [2.75, 3.05) is 0 Å². The Labute approximate surface area is 93.9 Å². The van der Waals surface area contributed by atoms with E-state index in [0.29, 0.717) is 0 Å². The fourth-order valence-electron chi connectivity index (χ4n) is 2.08. The van der Waals surface area contributed by atoms with Gasteiger partial charge in [0.1, 0.15) is 0 Å². The molecular weight excluding hydrogens is 184 g/mol. The fraction of sp³-hybridized carbons (Fsp3) is 0.714. The van der Waals surface area contributed by atoms with Gasteiger partial charge in [0.15, 0.2) is 0 Å². The van der Waals surface area contributed by atoms with Gasteiger partial charge in [-0.15, -0.1) is 0 Å². The molecule has 0 heterocycles. The van der Waals surface area contributed by atoms with Gasteiger partial charge in [-0.2, -0.15) is 0 Å². The number of hydrogen-bond donors (Lipinski definition) is 1. The lowest BCUT2D eigenvalue weighted by Crippen LogP contribution is -2.45. The van der Waals surface area contributed by atoms with Gasteiger partial charge >= 0.3 is 0 Å². The molecule has 86 valence electrons. The molecule has 0 amide bonds. The first-order chi connectivity index (χ1) is 6.77. The molecular formula is C14H24O. The quantitative estimate of drug-likeness (QED) is 0.684. The molecule has 0 aromatic carbocycles. The zero-order chi connectivity index (χ0) is 11.7. The van der Waals surface area contributed by atoms with Crippen LogP contribution in [0.3, 0.4) is 0 Å². The Balaban J connectivity index is 2.89. The molecule has 1 unspecified atom stereocenters. The summed E-state index contributed by atoms with van der Waals surface area (Å²) in [7, 11) is 0. The molecule has 0 spiro atoms. The first-order valence-corrected chi connectivity index (χ1v) is 5.82. The third-order valence-corrected chi connectivity index (χ3v) is 3.83. The molecule has 1 atom stereocenters. The molecule has 0 radical (unpaired) electrons. The van der Waals surface area contributed by atoms with Crippen LogP contribution in [-0.4, -0.2) is 10.7 Å². The number of aliphatic hydroxyl groups is 1. The van der Waals surface area contributed by atoms with Gasteiger partial charge in [-0.1, -0.05) is 31.6 Å². The van der Waals surface area contributed by atoms with E-state index in [4.69, 9.17) is 0 Å². The molecule has 0 aliphatic heterocycles. The lowest BCUT2D eigenvalue weighted by Gasteiger charge is -2.45. The third-order valence-electron chi connectivity index (χ3n) is 3.83. The summed E-state index contributed by atoms with van der Waals surface area (Å²) in [6.45, 7) is 10.5. The second-order valence-electron chi connectivity index (χ2n) is 5.71. The van der Waals surface area contributed by atoms with Gasteiger partial charge in [-0.25, -0.2) is 0 Å². The van der Waals surface area contributed by atoms with Gasteiger partial charge in [0.25, 0.3) is 0 Å². The van der Waals surface area contributed by atoms with Crippen LogP contribution in [0.4, 0.5) is 0 Å². The van der Waals surface area contributed by atoms with Gasteiger partial charge < -0.3 is 5.11 Å². The maximum atomic E-state index is 10.6. The van der Waals surface area contributed by atoms with Gasteiger partial charge in [-0.3, -0.25) is 0 Å². The molecule has 0 fully saturated rings. The monoisotopic (exact) mass is 208 g/mol. The predicted molar refractivity (Wildman–Crippen MR) is 65.8 cm³/mol. The van der Waals surface area contributed by atoms with Crippen LogP contribution in [0.25, 0.3) is 0 Å².